The molecule has 1 aromatic carbocycles. The lowest BCUT2D eigenvalue weighted by Gasteiger charge is -2.37. The van der Waals surface area contributed by atoms with Gasteiger partial charge in [0.1, 0.15) is 11.6 Å². The Bertz CT molecular complexity index is 588. The fraction of sp³-hybridized carbons (Fsp3) is 0.588. The van der Waals surface area contributed by atoms with E-state index < -0.39 is 17.0 Å². The summed E-state index contributed by atoms with van der Waals surface area (Å²) in [6.07, 6.45) is 1.41. The summed E-state index contributed by atoms with van der Waals surface area (Å²) in [6.45, 7) is 6.00. The molecule has 0 radical (unpaired) electrons. The summed E-state index contributed by atoms with van der Waals surface area (Å²) in [7, 11) is 0. The first-order valence-electron chi connectivity index (χ1n) is 7.92. The molecule has 2 heterocycles. The molecule has 1 atom stereocenters. The van der Waals surface area contributed by atoms with E-state index in [0.717, 1.165) is 19.2 Å². The molecule has 3 rings (SSSR count). The van der Waals surface area contributed by atoms with Gasteiger partial charge in [-0.3, -0.25) is 4.79 Å². The lowest BCUT2D eigenvalue weighted by Crippen LogP contribution is -2.45. The van der Waals surface area contributed by atoms with Crippen LogP contribution in [0.1, 0.15) is 38.2 Å². The van der Waals surface area contributed by atoms with E-state index in [9.17, 15) is 13.6 Å². The number of nitrogens with zero attached hydrogens (tertiary/aromatic N) is 1. The van der Waals surface area contributed by atoms with Crippen LogP contribution in [0.3, 0.4) is 0 Å². The second-order valence-corrected chi connectivity index (χ2v) is 6.68. The van der Waals surface area contributed by atoms with Gasteiger partial charge >= 0.3 is 0 Å². The second kappa shape index (κ2) is 6.73. The van der Waals surface area contributed by atoms with Crippen molar-refractivity contribution in [3.05, 3.63) is 35.4 Å². The van der Waals surface area contributed by atoms with Gasteiger partial charge in [0.05, 0.1) is 5.41 Å². The highest BCUT2D eigenvalue weighted by Crippen LogP contribution is 2.50. The molecule has 0 bridgehead atoms. The van der Waals surface area contributed by atoms with E-state index >= 15 is 0 Å². The third-order valence-electron chi connectivity index (χ3n) is 5.19. The van der Waals surface area contributed by atoms with Gasteiger partial charge < -0.3 is 10.2 Å². The van der Waals surface area contributed by atoms with Gasteiger partial charge in [-0.2, -0.15) is 0 Å². The molecular weight excluding hydrogens is 322 g/mol. The highest BCUT2D eigenvalue weighted by Gasteiger charge is 2.55. The Balaban J connectivity index is 0.00000192. The SMILES string of the molecule is CC(C)N1CC(c2ccc(F)cc2F)C2(CCNCC2)C1=O.Cl. The summed E-state index contributed by atoms with van der Waals surface area (Å²) in [4.78, 5) is 14.8. The van der Waals surface area contributed by atoms with Crippen LogP contribution in [0.25, 0.3) is 0 Å². The molecule has 2 aliphatic rings. The highest BCUT2D eigenvalue weighted by molar-refractivity contribution is 5.87. The number of benzene rings is 1. The molecule has 2 aliphatic heterocycles. The number of amides is 1. The van der Waals surface area contributed by atoms with Crippen LogP contribution in [0.15, 0.2) is 18.2 Å². The zero-order chi connectivity index (χ0) is 15.9. The monoisotopic (exact) mass is 344 g/mol. The maximum Gasteiger partial charge on any atom is 0.229 e. The quantitative estimate of drug-likeness (QED) is 0.894. The highest BCUT2D eigenvalue weighted by atomic mass is 35.5. The summed E-state index contributed by atoms with van der Waals surface area (Å²) in [5.41, 5.74) is -0.0754. The molecule has 128 valence electrons. The van der Waals surface area contributed by atoms with Crippen LogP contribution in [0, 0.1) is 17.0 Å². The van der Waals surface area contributed by atoms with Crippen molar-refractivity contribution < 1.29 is 13.6 Å². The van der Waals surface area contributed by atoms with E-state index in [4.69, 9.17) is 0 Å². The third kappa shape index (κ3) is 2.96. The van der Waals surface area contributed by atoms with Gasteiger partial charge in [-0.05, 0) is 51.4 Å². The summed E-state index contributed by atoms with van der Waals surface area (Å²) in [5, 5.41) is 3.27. The first-order valence-corrected chi connectivity index (χ1v) is 7.92. The van der Waals surface area contributed by atoms with Gasteiger partial charge in [0, 0.05) is 24.6 Å². The molecule has 0 aromatic heterocycles. The molecule has 1 aromatic rings. The summed E-state index contributed by atoms with van der Waals surface area (Å²) < 4.78 is 27.5. The van der Waals surface area contributed by atoms with Crippen molar-refractivity contribution in [1.82, 2.24) is 10.2 Å². The van der Waals surface area contributed by atoms with Crippen molar-refractivity contribution in [2.75, 3.05) is 19.6 Å². The van der Waals surface area contributed by atoms with Crippen molar-refractivity contribution in [3.8, 4) is 0 Å². The number of carbonyl (C=O) groups excluding carboxylic acids is 1. The Morgan fingerprint density at radius 2 is 1.91 bits per heavy atom. The van der Waals surface area contributed by atoms with Gasteiger partial charge in [0.2, 0.25) is 5.91 Å². The fourth-order valence-electron chi connectivity index (χ4n) is 3.95. The van der Waals surface area contributed by atoms with Crippen LogP contribution in [-0.2, 0) is 4.79 Å². The zero-order valence-electron chi connectivity index (χ0n) is 13.4. The Labute approximate surface area is 141 Å². The standard InChI is InChI=1S/C17H22F2N2O.ClH/c1-11(2)21-10-14(13-4-3-12(18)9-15(13)19)17(16(21)22)5-7-20-8-6-17;/h3-4,9,11,14,20H,5-8,10H2,1-2H3;1H. The Morgan fingerprint density at radius 1 is 1.26 bits per heavy atom. The predicted molar refractivity (Wildman–Crippen MR) is 87.7 cm³/mol. The lowest BCUT2D eigenvalue weighted by molar-refractivity contribution is -0.139. The number of hydrogen-bond acceptors (Lipinski definition) is 2. The zero-order valence-corrected chi connectivity index (χ0v) is 14.3. The number of rotatable bonds is 2. The van der Waals surface area contributed by atoms with Gasteiger partial charge in [0.15, 0.2) is 0 Å². The van der Waals surface area contributed by atoms with Crippen LogP contribution >= 0.6 is 12.4 Å². The first-order chi connectivity index (χ1) is 10.5. The van der Waals surface area contributed by atoms with E-state index in [1.54, 1.807) is 0 Å². The Kier molecular flexibility index (Phi) is 5.31. The number of nitrogens with one attached hydrogen (secondary N) is 1. The van der Waals surface area contributed by atoms with Crippen molar-refractivity contribution in [2.45, 2.75) is 38.6 Å². The minimum absolute atomic E-state index is 0. The molecule has 1 unspecified atom stereocenters. The van der Waals surface area contributed by atoms with Crippen molar-refractivity contribution in [3.63, 3.8) is 0 Å². The van der Waals surface area contributed by atoms with Crippen molar-refractivity contribution >= 4 is 18.3 Å². The van der Waals surface area contributed by atoms with E-state index in [-0.39, 0.29) is 30.3 Å². The molecule has 0 aliphatic carbocycles. The minimum atomic E-state index is -0.578. The normalized spacial score (nSPS) is 23.4. The summed E-state index contributed by atoms with van der Waals surface area (Å²) in [5.74, 6) is -1.20. The van der Waals surface area contributed by atoms with E-state index in [2.05, 4.69) is 5.32 Å². The molecule has 1 spiro atoms. The molecule has 1 N–H and O–H groups in total. The van der Waals surface area contributed by atoms with Crippen molar-refractivity contribution in [2.24, 2.45) is 5.41 Å². The fourth-order valence-corrected chi connectivity index (χ4v) is 3.95. The number of carbonyl (C=O) groups is 1. The van der Waals surface area contributed by atoms with Gasteiger partial charge in [-0.1, -0.05) is 6.07 Å². The third-order valence-corrected chi connectivity index (χ3v) is 5.19. The molecule has 2 fully saturated rings. The summed E-state index contributed by atoms with van der Waals surface area (Å²) >= 11 is 0. The summed E-state index contributed by atoms with van der Waals surface area (Å²) in [6, 6.07) is 3.81. The molecule has 23 heavy (non-hydrogen) atoms. The minimum Gasteiger partial charge on any atom is -0.339 e. The van der Waals surface area contributed by atoms with E-state index in [0.29, 0.717) is 24.9 Å². The van der Waals surface area contributed by atoms with Crippen LogP contribution in [-0.4, -0.2) is 36.5 Å². The number of halogens is 3. The first kappa shape index (κ1) is 18.1. The molecule has 0 saturated carbocycles. The van der Waals surface area contributed by atoms with Crippen LogP contribution in [0.5, 0.6) is 0 Å². The number of likely N-dealkylation sites (tertiary alicyclic amines) is 1. The second-order valence-electron chi connectivity index (χ2n) is 6.68. The maximum absolute atomic E-state index is 14.3. The molecule has 3 nitrogen and oxygen atoms in total. The molecule has 2 saturated heterocycles. The van der Waals surface area contributed by atoms with E-state index in [1.807, 2.05) is 18.7 Å². The lowest BCUT2D eigenvalue weighted by atomic mass is 9.68. The van der Waals surface area contributed by atoms with E-state index in [1.165, 1.54) is 12.1 Å². The van der Waals surface area contributed by atoms with Crippen molar-refractivity contribution in [1.29, 1.82) is 0 Å². The molecule has 6 heteroatoms. The largest absolute Gasteiger partial charge is 0.339 e. The van der Waals surface area contributed by atoms with Gasteiger partial charge in [0.25, 0.3) is 0 Å². The van der Waals surface area contributed by atoms with Crippen LogP contribution in [0.2, 0.25) is 0 Å². The maximum atomic E-state index is 14.3. The van der Waals surface area contributed by atoms with Gasteiger partial charge in [-0.15, -0.1) is 12.4 Å². The topological polar surface area (TPSA) is 32.3 Å². The molecular formula is C17H23ClF2N2O. The smallest absolute Gasteiger partial charge is 0.229 e. The van der Waals surface area contributed by atoms with Crippen LogP contribution < -0.4 is 5.32 Å². The Hall–Kier alpha value is -1.20. The number of piperidine rings is 1. The average Bonchev–Trinajstić information content (AvgIpc) is 2.74. The van der Waals surface area contributed by atoms with Gasteiger partial charge in [-0.25, -0.2) is 8.78 Å². The predicted octanol–water partition coefficient (Wildman–Crippen LogP) is 3.09. The molecule has 1 amide bonds. The average molecular weight is 345 g/mol. The van der Waals surface area contributed by atoms with Crippen LogP contribution in [0.4, 0.5) is 8.78 Å². The number of hydrogen-bond donors (Lipinski definition) is 1. The Morgan fingerprint density at radius 3 is 2.48 bits per heavy atom.